The summed E-state index contributed by atoms with van der Waals surface area (Å²) in [4.78, 5) is 5.53. The average molecular weight is 222 g/mol. The van der Waals surface area contributed by atoms with E-state index >= 15 is 0 Å². The molecular weight excluding hydrogens is 200 g/mol. The lowest BCUT2D eigenvalue weighted by Crippen LogP contribution is -2.09. The van der Waals surface area contributed by atoms with Gasteiger partial charge in [0.2, 0.25) is 0 Å². The minimum absolute atomic E-state index is 0.432. The van der Waals surface area contributed by atoms with Crippen LogP contribution in [0.1, 0.15) is 46.9 Å². The molecule has 0 aliphatic rings. The summed E-state index contributed by atoms with van der Waals surface area (Å²) < 4.78 is 0. The van der Waals surface area contributed by atoms with Crippen molar-refractivity contribution in [3.63, 3.8) is 0 Å². The predicted octanol–water partition coefficient (Wildman–Crippen LogP) is 3.22. The van der Waals surface area contributed by atoms with Crippen molar-refractivity contribution in [1.82, 2.24) is 14.9 Å². The van der Waals surface area contributed by atoms with Crippen LogP contribution in [0.2, 0.25) is 0 Å². The fourth-order valence-corrected chi connectivity index (χ4v) is 1.17. The van der Waals surface area contributed by atoms with Crippen LogP contribution in [0.15, 0.2) is 18.0 Å². The Morgan fingerprint density at radius 3 is 2.62 bits per heavy atom. The first-order valence-electron chi connectivity index (χ1n) is 5.79. The lowest BCUT2D eigenvalue weighted by atomic mass is 10.1. The zero-order chi connectivity index (χ0) is 12.6. The third-order valence-electron chi connectivity index (χ3n) is 1.99. The van der Waals surface area contributed by atoms with Crippen molar-refractivity contribution in [2.24, 2.45) is 11.0 Å². The largest absolute Gasteiger partial charge is 0.213 e. The van der Waals surface area contributed by atoms with Crippen LogP contribution in [0.4, 0.5) is 0 Å². The Balaban J connectivity index is 0.00000106. The van der Waals surface area contributed by atoms with Crippen LogP contribution in [0.3, 0.4) is 0 Å². The van der Waals surface area contributed by atoms with Gasteiger partial charge in [-0.3, -0.25) is 0 Å². The van der Waals surface area contributed by atoms with Crippen LogP contribution in [0.5, 0.6) is 0 Å². The molecule has 0 amide bonds. The smallest absolute Gasteiger partial charge is 0.175 e. The standard InChI is InChI=1S/C10H16N4.C2H6/c1-5-9(8(3)4)13-14-10(6-2)11-7-12-14;1-2/h6-8H,2,5H2,1,3-4H3;1-2H3/b13-9+;. The number of rotatable bonds is 4. The van der Waals surface area contributed by atoms with E-state index in [2.05, 4.69) is 42.5 Å². The highest BCUT2D eigenvalue weighted by molar-refractivity contribution is 5.85. The molecule has 0 fully saturated rings. The lowest BCUT2D eigenvalue weighted by molar-refractivity contribution is 0.705. The van der Waals surface area contributed by atoms with Gasteiger partial charge in [-0.05, 0) is 18.4 Å². The van der Waals surface area contributed by atoms with Crippen LogP contribution >= 0.6 is 0 Å². The molecule has 0 bridgehead atoms. The average Bonchev–Trinajstić information content (AvgIpc) is 2.75. The number of hydrogen-bond donors (Lipinski definition) is 0. The molecule has 0 aliphatic heterocycles. The predicted molar refractivity (Wildman–Crippen MR) is 69.4 cm³/mol. The van der Waals surface area contributed by atoms with Crippen molar-refractivity contribution in [1.29, 1.82) is 0 Å². The second kappa shape index (κ2) is 7.79. The van der Waals surface area contributed by atoms with Crippen LogP contribution in [0.25, 0.3) is 6.08 Å². The molecule has 0 saturated carbocycles. The Bertz CT molecular complexity index is 337. The van der Waals surface area contributed by atoms with Gasteiger partial charge in [0.05, 0.1) is 0 Å². The first-order chi connectivity index (χ1) is 7.69. The van der Waals surface area contributed by atoms with Crippen LogP contribution in [-0.4, -0.2) is 20.6 Å². The molecule has 0 N–H and O–H groups in total. The molecule has 0 saturated heterocycles. The molecule has 0 aliphatic carbocycles. The summed E-state index contributed by atoms with van der Waals surface area (Å²) in [6.07, 6.45) is 4.05. The van der Waals surface area contributed by atoms with Gasteiger partial charge in [-0.25, -0.2) is 4.98 Å². The minimum Gasteiger partial charge on any atom is -0.213 e. The zero-order valence-corrected chi connectivity index (χ0v) is 10.9. The number of aromatic nitrogens is 3. The van der Waals surface area contributed by atoms with Gasteiger partial charge in [-0.15, -0.1) is 9.89 Å². The fraction of sp³-hybridized carbons (Fsp3) is 0.583. The van der Waals surface area contributed by atoms with Crippen molar-refractivity contribution in [2.45, 2.75) is 41.0 Å². The summed E-state index contributed by atoms with van der Waals surface area (Å²) in [6.45, 7) is 14.0. The molecule has 1 rings (SSSR count). The highest BCUT2D eigenvalue weighted by Gasteiger charge is 2.04. The van der Waals surface area contributed by atoms with Gasteiger partial charge in [0.15, 0.2) is 5.82 Å². The van der Waals surface area contributed by atoms with E-state index in [1.165, 1.54) is 11.1 Å². The van der Waals surface area contributed by atoms with Gasteiger partial charge >= 0.3 is 0 Å². The molecule has 16 heavy (non-hydrogen) atoms. The molecule has 0 radical (unpaired) electrons. The van der Waals surface area contributed by atoms with E-state index in [9.17, 15) is 0 Å². The van der Waals surface area contributed by atoms with Crippen molar-refractivity contribution in [2.75, 3.05) is 0 Å². The van der Waals surface area contributed by atoms with E-state index in [0.29, 0.717) is 11.7 Å². The SMILES string of the molecule is C=Cc1ncnn1/N=C(\CC)C(C)C.CC. The van der Waals surface area contributed by atoms with Crippen LogP contribution < -0.4 is 0 Å². The van der Waals surface area contributed by atoms with Gasteiger partial charge in [0, 0.05) is 5.71 Å². The maximum atomic E-state index is 4.40. The summed E-state index contributed by atoms with van der Waals surface area (Å²) >= 11 is 0. The molecule has 1 aromatic rings. The zero-order valence-electron chi connectivity index (χ0n) is 10.9. The van der Waals surface area contributed by atoms with E-state index in [-0.39, 0.29) is 0 Å². The summed E-state index contributed by atoms with van der Waals surface area (Å²) in [7, 11) is 0. The van der Waals surface area contributed by atoms with E-state index in [1.54, 1.807) is 6.08 Å². The molecule has 0 spiro atoms. The third-order valence-corrected chi connectivity index (χ3v) is 1.99. The summed E-state index contributed by atoms with van der Waals surface area (Å²) in [6, 6.07) is 0. The first kappa shape index (κ1) is 14.6. The van der Waals surface area contributed by atoms with Crippen molar-refractivity contribution < 1.29 is 0 Å². The van der Waals surface area contributed by atoms with Crippen molar-refractivity contribution in [3.05, 3.63) is 18.7 Å². The topological polar surface area (TPSA) is 43.1 Å². The molecule has 0 atom stereocenters. The normalized spacial score (nSPS) is 11.0. The van der Waals surface area contributed by atoms with E-state index < -0.39 is 0 Å². The number of nitrogens with zero attached hydrogens (tertiary/aromatic N) is 4. The monoisotopic (exact) mass is 222 g/mol. The Morgan fingerprint density at radius 1 is 1.56 bits per heavy atom. The van der Waals surface area contributed by atoms with E-state index in [1.807, 2.05) is 13.8 Å². The molecular formula is C12H22N4. The number of hydrogen-bond acceptors (Lipinski definition) is 3. The summed E-state index contributed by atoms with van der Waals surface area (Å²) in [5, 5.41) is 8.40. The first-order valence-corrected chi connectivity index (χ1v) is 5.79. The van der Waals surface area contributed by atoms with Crippen LogP contribution in [0, 0.1) is 5.92 Å². The summed E-state index contributed by atoms with van der Waals surface area (Å²) in [5.74, 6) is 1.11. The molecule has 1 aromatic heterocycles. The van der Waals surface area contributed by atoms with Gasteiger partial charge in [0.25, 0.3) is 0 Å². The minimum atomic E-state index is 0.432. The quantitative estimate of drug-likeness (QED) is 0.734. The van der Waals surface area contributed by atoms with Gasteiger partial charge < -0.3 is 0 Å². The second-order valence-electron chi connectivity index (χ2n) is 3.31. The Kier molecular flexibility index (Phi) is 7.09. The van der Waals surface area contributed by atoms with E-state index in [0.717, 1.165) is 12.1 Å². The Labute approximate surface area is 98.1 Å². The molecule has 4 nitrogen and oxygen atoms in total. The van der Waals surface area contributed by atoms with Crippen LogP contribution in [-0.2, 0) is 0 Å². The van der Waals surface area contributed by atoms with Gasteiger partial charge in [-0.2, -0.15) is 5.10 Å². The molecule has 1 heterocycles. The maximum absolute atomic E-state index is 4.40. The fourth-order valence-electron chi connectivity index (χ4n) is 1.17. The Morgan fingerprint density at radius 2 is 2.19 bits per heavy atom. The Hall–Kier alpha value is -1.45. The summed E-state index contributed by atoms with van der Waals surface area (Å²) in [5.41, 5.74) is 1.11. The van der Waals surface area contributed by atoms with Gasteiger partial charge in [-0.1, -0.05) is 41.2 Å². The van der Waals surface area contributed by atoms with E-state index in [4.69, 9.17) is 0 Å². The second-order valence-corrected chi connectivity index (χ2v) is 3.31. The molecule has 90 valence electrons. The van der Waals surface area contributed by atoms with Crippen molar-refractivity contribution >= 4 is 11.8 Å². The van der Waals surface area contributed by atoms with Gasteiger partial charge in [0.1, 0.15) is 6.33 Å². The lowest BCUT2D eigenvalue weighted by Gasteiger charge is -2.06. The van der Waals surface area contributed by atoms with Crippen molar-refractivity contribution in [3.8, 4) is 0 Å². The molecule has 0 aromatic carbocycles. The maximum Gasteiger partial charge on any atom is 0.175 e. The highest BCUT2D eigenvalue weighted by atomic mass is 15.5. The third kappa shape index (κ3) is 3.96. The molecule has 0 unspecified atom stereocenters. The molecule has 4 heteroatoms. The highest BCUT2D eigenvalue weighted by Crippen LogP contribution is 2.03.